The summed E-state index contributed by atoms with van der Waals surface area (Å²) in [6, 6.07) is 12.6. The number of fused-ring (bicyclic) bond motifs is 2. The van der Waals surface area contributed by atoms with E-state index in [1.54, 1.807) is 31.4 Å². The normalized spacial score (nSPS) is 11.1. The summed E-state index contributed by atoms with van der Waals surface area (Å²) in [6.07, 6.45) is -0.255. The molecule has 2 aromatic carbocycles. The molecule has 7 nitrogen and oxygen atoms in total. The van der Waals surface area contributed by atoms with E-state index in [0.717, 1.165) is 10.2 Å². The number of para-hydroxylation sites is 1. The number of carbonyl (C=O) groups is 1. The molecule has 2 heterocycles. The molecule has 2 aromatic heterocycles. The molecule has 0 spiro atoms. The number of benzene rings is 2. The Morgan fingerprint density at radius 2 is 1.96 bits per heavy atom. The van der Waals surface area contributed by atoms with E-state index in [0.29, 0.717) is 27.2 Å². The van der Waals surface area contributed by atoms with Crippen molar-refractivity contribution in [2.24, 2.45) is 0 Å². The number of ether oxygens (including phenoxy) is 1. The molecular weight excluding hydrogens is 366 g/mol. The van der Waals surface area contributed by atoms with Crippen molar-refractivity contribution in [3.63, 3.8) is 0 Å². The van der Waals surface area contributed by atoms with Gasteiger partial charge in [0.2, 0.25) is 0 Å². The summed E-state index contributed by atoms with van der Waals surface area (Å²) in [6.45, 7) is 0.165. The first kappa shape index (κ1) is 17.2. The molecule has 0 aliphatic heterocycles. The number of aromatic nitrogens is 3. The second-order valence-electron chi connectivity index (χ2n) is 5.94. The Bertz CT molecular complexity index is 1230. The Morgan fingerprint density at radius 3 is 2.70 bits per heavy atom. The molecular formula is C19H15N3O4S. The van der Waals surface area contributed by atoms with E-state index < -0.39 is 5.97 Å². The summed E-state index contributed by atoms with van der Waals surface area (Å²) in [5, 5.41) is 15.2. The standard InChI is InChI=1S/C19H15N3O4S/c1-26-14-7-4-8-15-18(14)20-16(27-15)10-22-19(25)12-6-3-2-5-11(12)13(21-22)9-17(23)24/h2-8H,9-10H2,1H3,(H,23,24). The second kappa shape index (κ2) is 6.81. The van der Waals surface area contributed by atoms with Crippen LogP contribution in [0.5, 0.6) is 5.75 Å². The maximum atomic E-state index is 12.8. The first-order valence-electron chi connectivity index (χ1n) is 8.20. The quantitative estimate of drug-likeness (QED) is 0.571. The fraction of sp³-hybridized carbons (Fsp3) is 0.158. The highest BCUT2D eigenvalue weighted by molar-refractivity contribution is 7.18. The Kier molecular flexibility index (Phi) is 4.33. The predicted octanol–water partition coefficient (Wildman–Crippen LogP) is 2.69. The molecule has 4 rings (SSSR count). The van der Waals surface area contributed by atoms with Gasteiger partial charge in [0.15, 0.2) is 0 Å². The summed E-state index contributed by atoms with van der Waals surface area (Å²) in [4.78, 5) is 28.6. The van der Waals surface area contributed by atoms with Gasteiger partial charge in [-0.05, 0) is 18.2 Å². The number of rotatable bonds is 5. The molecule has 0 saturated carbocycles. The summed E-state index contributed by atoms with van der Waals surface area (Å²) < 4.78 is 7.56. The first-order valence-corrected chi connectivity index (χ1v) is 9.01. The van der Waals surface area contributed by atoms with Crippen molar-refractivity contribution in [3.8, 4) is 5.75 Å². The molecule has 8 heteroatoms. The highest BCUT2D eigenvalue weighted by Gasteiger charge is 2.15. The number of carboxylic acid groups (broad SMARTS) is 1. The van der Waals surface area contributed by atoms with Gasteiger partial charge in [-0.15, -0.1) is 11.3 Å². The van der Waals surface area contributed by atoms with Crippen molar-refractivity contribution < 1.29 is 14.6 Å². The molecule has 4 aromatic rings. The minimum absolute atomic E-state index is 0.165. The van der Waals surface area contributed by atoms with E-state index >= 15 is 0 Å². The number of hydrogen-bond acceptors (Lipinski definition) is 6. The first-order chi connectivity index (χ1) is 13.1. The van der Waals surface area contributed by atoms with Gasteiger partial charge in [0, 0.05) is 5.39 Å². The van der Waals surface area contributed by atoms with Crippen molar-refractivity contribution >= 4 is 38.3 Å². The molecule has 27 heavy (non-hydrogen) atoms. The van der Waals surface area contributed by atoms with Crippen molar-refractivity contribution in [2.45, 2.75) is 13.0 Å². The van der Waals surface area contributed by atoms with Crippen LogP contribution in [-0.4, -0.2) is 33.0 Å². The van der Waals surface area contributed by atoms with Crippen LogP contribution in [0.1, 0.15) is 10.7 Å². The van der Waals surface area contributed by atoms with E-state index in [9.17, 15) is 14.7 Å². The zero-order chi connectivity index (χ0) is 19.0. The molecule has 0 amide bonds. The van der Waals surface area contributed by atoms with Crippen LogP contribution >= 0.6 is 11.3 Å². The third-order valence-corrected chi connectivity index (χ3v) is 5.20. The molecule has 0 aliphatic carbocycles. The van der Waals surface area contributed by atoms with E-state index in [1.165, 1.54) is 16.0 Å². The van der Waals surface area contributed by atoms with Gasteiger partial charge in [-0.25, -0.2) is 9.67 Å². The maximum absolute atomic E-state index is 12.8. The largest absolute Gasteiger partial charge is 0.494 e. The predicted molar refractivity (Wildman–Crippen MR) is 103 cm³/mol. The van der Waals surface area contributed by atoms with Crippen LogP contribution in [-0.2, 0) is 17.8 Å². The molecule has 0 atom stereocenters. The highest BCUT2D eigenvalue weighted by atomic mass is 32.1. The molecule has 0 saturated heterocycles. The lowest BCUT2D eigenvalue weighted by atomic mass is 10.1. The van der Waals surface area contributed by atoms with Gasteiger partial charge in [0.05, 0.1) is 35.9 Å². The van der Waals surface area contributed by atoms with Gasteiger partial charge in [0.25, 0.3) is 5.56 Å². The van der Waals surface area contributed by atoms with Crippen molar-refractivity contribution in [2.75, 3.05) is 7.11 Å². The van der Waals surface area contributed by atoms with Crippen molar-refractivity contribution in [1.82, 2.24) is 14.8 Å². The van der Waals surface area contributed by atoms with Gasteiger partial charge < -0.3 is 9.84 Å². The Morgan fingerprint density at radius 1 is 1.19 bits per heavy atom. The average Bonchev–Trinajstić information content (AvgIpc) is 3.07. The third kappa shape index (κ3) is 3.15. The van der Waals surface area contributed by atoms with Crippen LogP contribution in [0.25, 0.3) is 21.0 Å². The minimum atomic E-state index is -0.998. The van der Waals surface area contributed by atoms with Crippen LogP contribution in [0.15, 0.2) is 47.3 Å². The summed E-state index contributed by atoms with van der Waals surface area (Å²) in [5.74, 6) is -0.331. The van der Waals surface area contributed by atoms with Crippen LogP contribution in [0, 0.1) is 0 Å². The Balaban J connectivity index is 1.83. The van der Waals surface area contributed by atoms with Crippen molar-refractivity contribution in [3.05, 3.63) is 63.5 Å². The average molecular weight is 381 g/mol. The maximum Gasteiger partial charge on any atom is 0.309 e. The molecule has 0 unspecified atom stereocenters. The smallest absolute Gasteiger partial charge is 0.309 e. The summed E-state index contributed by atoms with van der Waals surface area (Å²) in [5.41, 5.74) is 0.821. The highest BCUT2D eigenvalue weighted by Crippen LogP contribution is 2.29. The summed E-state index contributed by atoms with van der Waals surface area (Å²) in [7, 11) is 1.58. The lowest BCUT2D eigenvalue weighted by molar-refractivity contribution is -0.136. The number of hydrogen-bond donors (Lipinski definition) is 1. The summed E-state index contributed by atoms with van der Waals surface area (Å²) >= 11 is 1.45. The molecule has 0 radical (unpaired) electrons. The lowest BCUT2D eigenvalue weighted by Crippen LogP contribution is -2.26. The van der Waals surface area contributed by atoms with Crippen LogP contribution < -0.4 is 10.3 Å². The fourth-order valence-corrected chi connectivity index (χ4v) is 3.98. The Hall–Kier alpha value is -3.26. The minimum Gasteiger partial charge on any atom is -0.494 e. The molecule has 1 N–H and O–H groups in total. The zero-order valence-corrected chi connectivity index (χ0v) is 15.2. The SMILES string of the molecule is COc1cccc2sc(Cn3nc(CC(=O)O)c4ccccc4c3=O)nc12. The van der Waals surface area contributed by atoms with E-state index in [-0.39, 0.29) is 18.5 Å². The monoisotopic (exact) mass is 381 g/mol. The number of carboxylic acids is 1. The zero-order valence-electron chi connectivity index (χ0n) is 14.4. The number of thiazole rings is 1. The van der Waals surface area contributed by atoms with E-state index in [2.05, 4.69) is 10.1 Å². The molecule has 0 aliphatic rings. The van der Waals surface area contributed by atoms with E-state index in [1.807, 2.05) is 18.2 Å². The molecule has 136 valence electrons. The van der Waals surface area contributed by atoms with Crippen LogP contribution in [0.3, 0.4) is 0 Å². The lowest BCUT2D eigenvalue weighted by Gasteiger charge is -2.08. The fourth-order valence-electron chi connectivity index (χ4n) is 3.02. The van der Waals surface area contributed by atoms with Gasteiger partial charge in [-0.2, -0.15) is 5.10 Å². The van der Waals surface area contributed by atoms with Crippen LogP contribution in [0.2, 0.25) is 0 Å². The molecule has 0 bridgehead atoms. The van der Waals surface area contributed by atoms with E-state index in [4.69, 9.17) is 4.74 Å². The van der Waals surface area contributed by atoms with Gasteiger partial charge in [-0.1, -0.05) is 24.3 Å². The third-order valence-electron chi connectivity index (χ3n) is 4.19. The Labute approximate surface area is 157 Å². The topological polar surface area (TPSA) is 94.3 Å². The van der Waals surface area contributed by atoms with Crippen molar-refractivity contribution in [1.29, 1.82) is 0 Å². The number of aliphatic carboxylic acids is 1. The van der Waals surface area contributed by atoms with Gasteiger partial charge in [0.1, 0.15) is 16.3 Å². The van der Waals surface area contributed by atoms with Gasteiger partial charge in [-0.3, -0.25) is 9.59 Å². The van der Waals surface area contributed by atoms with Crippen LogP contribution in [0.4, 0.5) is 0 Å². The number of methoxy groups -OCH3 is 1. The van der Waals surface area contributed by atoms with Gasteiger partial charge >= 0.3 is 5.97 Å². The second-order valence-corrected chi connectivity index (χ2v) is 7.06. The molecule has 0 fully saturated rings. The number of nitrogens with zero attached hydrogens (tertiary/aromatic N) is 3.